The van der Waals surface area contributed by atoms with Gasteiger partial charge in [-0.15, -0.1) is 0 Å². The van der Waals surface area contributed by atoms with E-state index < -0.39 is 5.60 Å². The van der Waals surface area contributed by atoms with E-state index in [0.29, 0.717) is 41.7 Å². The highest BCUT2D eigenvalue weighted by Crippen LogP contribution is 2.41. The van der Waals surface area contributed by atoms with E-state index >= 15 is 0 Å². The van der Waals surface area contributed by atoms with Crippen molar-refractivity contribution in [3.8, 4) is 17.4 Å². The Kier molecular flexibility index (Phi) is 8.21. The number of pyridine rings is 1. The predicted molar refractivity (Wildman–Crippen MR) is 152 cm³/mol. The third-order valence-electron chi connectivity index (χ3n) is 7.53. The maximum Gasteiger partial charge on any atom is 0.259 e. The minimum atomic E-state index is -0.809. The number of likely N-dealkylation sites (tertiary alicyclic amines) is 1. The summed E-state index contributed by atoms with van der Waals surface area (Å²) in [7, 11) is 3.42. The maximum atomic E-state index is 12.1. The van der Waals surface area contributed by atoms with E-state index in [4.69, 9.17) is 21.1 Å². The highest BCUT2D eigenvalue weighted by molar-refractivity contribution is 6.30. The Hall–Kier alpha value is -3.39. The maximum absolute atomic E-state index is 12.1. The van der Waals surface area contributed by atoms with E-state index in [2.05, 4.69) is 16.0 Å². The number of nitrogens with zero attached hydrogens (tertiary/aromatic N) is 3. The lowest BCUT2D eigenvalue weighted by atomic mass is 9.84. The van der Waals surface area contributed by atoms with E-state index in [0.717, 1.165) is 48.3 Å². The molecule has 3 aromatic rings. The van der Waals surface area contributed by atoms with Crippen molar-refractivity contribution in [1.82, 2.24) is 14.8 Å². The summed E-state index contributed by atoms with van der Waals surface area (Å²) >= 11 is 6.03. The van der Waals surface area contributed by atoms with Crippen molar-refractivity contribution in [2.24, 2.45) is 0 Å². The van der Waals surface area contributed by atoms with Crippen LogP contribution in [0.1, 0.15) is 36.0 Å². The number of carbonyl (C=O) groups is 1. The third-order valence-corrected chi connectivity index (χ3v) is 7.78. The zero-order chi connectivity index (χ0) is 27.4. The smallest absolute Gasteiger partial charge is 0.259 e. The molecule has 2 aliphatic heterocycles. The Morgan fingerprint density at radius 3 is 2.67 bits per heavy atom. The number of piperidine rings is 1. The molecule has 0 atom stereocenters. The molecule has 1 saturated heterocycles. The van der Waals surface area contributed by atoms with Crippen LogP contribution in [-0.4, -0.2) is 66.1 Å². The lowest BCUT2D eigenvalue weighted by Gasteiger charge is -2.38. The van der Waals surface area contributed by atoms with Gasteiger partial charge in [0.1, 0.15) is 11.5 Å². The van der Waals surface area contributed by atoms with Crippen molar-refractivity contribution in [3.05, 3.63) is 88.6 Å². The quantitative estimate of drug-likeness (QED) is 0.432. The molecule has 0 aliphatic carbocycles. The summed E-state index contributed by atoms with van der Waals surface area (Å²) < 4.78 is 12.2. The average Bonchev–Trinajstić information content (AvgIpc) is 3.10. The first-order valence-corrected chi connectivity index (χ1v) is 13.7. The second kappa shape index (κ2) is 11.8. The second-order valence-corrected chi connectivity index (χ2v) is 10.8. The van der Waals surface area contributed by atoms with E-state index in [9.17, 15) is 9.90 Å². The number of allylic oxidation sites excluding steroid dienone is 1. The van der Waals surface area contributed by atoms with Gasteiger partial charge in [-0.3, -0.25) is 4.79 Å². The Morgan fingerprint density at radius 2 is 1.92 bits per heavy atom. The fourth-order valence-corrected chi connectivity index (χ4v) is 5.25. The Balaban J connectivity index is 1.29. The zero-order valence-electron chi connectivity index (χ0n) is 22.4. The number of aliphatic hydroxyl groups is 1. The lowest BCUT2D eigenvalue weighted by Crippen LogP contribution is -2.42. The molecule has 1 N–H and O–H groups in total. The normalized spacial score (nSPS) is 17.5. The van der Waals surface area contributed by atoms with Gasteiger partial charge in [-0.05, 0) is 66.8 Å². The lowest BCUT2D eigenvalue weighted by molar-refractivity contribution is -0.130. The number of hydrogen-bond acceptors (Lipinski definition) is 6. The van der Waals surface area contributed by atoms with Gasteiger partial charge in [0.2, 0.25) is 5.88 Å². The highest BCUT2D eigenvalue weighted by Gasteiger charge is 2.33. The van der Waals surface area contributed by atoms with Gasteiger partial charge in [0.05, 0.1) is 5.60 Å². The molecule has 8 heteroatoms. The number of halogens is 1. The number of hydrogen-bond donors (Lipinski definition) is 1. The van der Waals surface area contributed by atoms with Crippen LogP contribution in [0, 0.1) is 0 Å². The third kappa shape index (κ3) is 6.27. The van der Waals surface area contributed by atoms with Crippen LogP contribution in [-0.2, 0) is 16.8 Å². The van der Waals surface area contributed by atoms with E-state index in [1.807, 2.05) is 54.6 Å². The van der Waals surface area contributed by atoms with Gasteiger partial charge >= 0.3 is 0 Å². The summed E-state index contributed by atoms with van der Waals surface area (Å²) in [5.74, 6) is 1.78. The van der Waals surface area contributed by atoms with Crippen LogP contribution in [0.2, 0.25) is 5.02 Å². The molecule has 39 heavy (non-hydrogen) atoms. The second-order valence-electron chi connectivity index (χ2n) is 10.3. The number of fused-ring (bicyclic) bond motifs is 2. The number of likely N-dealkylation sites (N-methyl/N-ethyl adjacent to an activating group) is 1. The molecule has 0 spiro atoms. The van der Waals surface area contributed by atoms with Crippen molar-refractivity contribution >= 4 is 23.1 Å². The molecule has 1 amide bonds. The standard InChI is InChI=1S/C31H34ClN3O4/c1-34(2)29(36)21-38-27-8-3-9-28-26(27)20-22(25-7-4-16-33-30(25)39-28)6-5-17-35-18-14-31(37,15-19-35)23-10-12-24(32)13-11-23/h3-4,6-13,16,37H,5,14-15,17-21H2,1-2H3/b22-6-. The molecule has 2 aromatic carbocycles. The number of rotatable bonds is 7. The summed E-state index contributed by atoms with van der Waals surface area (Å²) in [4.78, 5) is 20.5. The Labute approximate surface area is 234 Å². The van der Waals surface area contributed by atoms with Crippen LogP contribution >= 0.6 is 11.6 Å². The molecule has 0 bridgehead atoms. The van der Waals surface area contributed by atoms with Crippen LogP contribution in [0.4, 0.5) is 0 Å². The van der Waals surface area contributed by atoms with E-state index in [1.54, 1.807) is 20.3 Å². The molecule has 2 aliphatic rings. The van der Waals surface area contributed by atoms with Crippen molar-refractivity contribution in [3.63, 3.8) is 0 Å². The fraction of sp³-hybridized carbons (Fsp3) is 0.355. The number of benzene rings is 2. The molecule has 0 unspecified atom stereocenters. The van der Waals surface area contributed by atoms with Gasteiger partial charge in [0, 0.05) is 62.5 Å². The molecular weight excluding hydrogens is 514 g/mol. The van der Waals surface area contributed by atoms with E-state index in [-0.39, 0.29) is 12.5 Å². The molecule has 0 radical (unpaired) electrons. The summed E-state index contributed by atoms with van der Waals surface area (Å²) in [5.41, 5.74) is 3.09. The summed E-state index contributed by atoms with van der Waals surface area (Å²) in [5, 5.41) is 11.9. The molecule has 3 heterocycles. The number of carbonyl (C=O) groups excluding carboxylic acids is 1. The molecule has 204 valence electrons. The summed E-state index contributed by atoms with van der Waals surface area (Å²) in [6.07, 6.45) is 6.81. The highest BCUT2D eigenvalue weighted by atomic mass is 35.5. The van der Waals surface area contributed by atoms with Gasteiger partial charge in [0.25, 0.3) is 5.91 Å². The largest absolute Gasteiger partial charge is 0.483 e. The van der Waals surface area contributed by atoms with Crippen LogP contribution < -0.4 is 9.47 Å². The van der Waals surface area contributed by atoms with Crippen molar-refractivity contribution < 1.29 is 19.4 Å². The van der Waals surface area contributed by atoms with E-state index in [1.165, 1.54) is 4.90 Å². The van der Waals surface area contributed by atoms with Crippen LogP contribution in [0.3, 0.4) is 0 Å². The van der Waals surface area contributed by atoms with Gasteiger partial charge in [-0.2, -0.15) is 0 Å². The Bertz CT molecular complexity index is 1350. The summed E-state index contributed by atoms with van der Waals surface area (Å²) in [6.45, 7) is 2.50. The van der Waals surface area contributed by atoms with Crippen LogP contribution in [0.25, 0.3) is 5.57 Å². The fourth-order valence-electron chi connectivity index (χ4n) is 5.12. The van der Waals surface area contributed by atoms with Crippen LogP contribution in [0.5, 0.6) is 17.4 Å². The van der Waals surface area contributed by atoms with Gasteiger partial charge < -0.3 is 24.4 Å². The average molecular weight is 548 g/mol. The Morgan fingerprint density at radius 1 is 1.15 bits per heavy atom. The zero-order valence-corrected chi connectivity index (χ0v) is 23.2. The molecule has 1 fully saturated rings. The molecule has 5 rings (SSSR count). The summed E-state index contributed by atoms with van der Waals surface area (Å²) in [6, 6.07) is 17.1. The monoisotopic (exact) mass is 547 g/mol. The first-order valence-electron chi connectivity index (χ1n) is 13.3. The van der Waals surface area contributed by atoms with Crippen molar-refractivity contribution in [2.75, 3.05) is 40.3 Å². The molecule has 7 nitrogen and oxygen atoms in total. The molecule has 0 saturated carbocycles. The molecular formula is C31H34ClN3O4. The van der Waals surface area contributed by atoms with Crippen molar-refractivity contribution in [2.45, 2.75) is 31.3 Å². The SMILES string of the molecule is CN(C)C(=O)COc1cccc2c1C/C(=C/CCN1CCC(O)(c3ccc(Cl)cc3)CC1)c1cccnc1O2. The predicted octanol–water partition coefficient (Wildman–Crippen LogP) is 5.31. The minimum Gasteiger partial charge on any atom is -0.483 e. The van der Waals surface area contributed by atoms with Crippen LogP contribution in [0.15, 0.2) is 66.9 Å². The van der Waals surface area contributed by atoms with Gasteiger partial charge in [0.15, 0.2) is 6.61 Å². The van der Waals surface area contributed by atoms with Crippen molar-refractivity contribution in [1.29, 1.82) is 0 Å². The van der Waals surface area contributed by atoms with Gasteiger partial charge in [-0.25, -0.2) is 4.98 Å². The topological polar surface area (TPSA) is 75.1 Å². The number of ether oxygens (including phenoxy) is 2. The van der Waals surface area contributed by atoms with Gasteiger partial charge in [-0.1, -0.05) is 35.9 Å². The molecule has 1 aromatic heterocycles. The first kappa shape index (κ1) is 27.2. The number of amides is 1. The minimum absolute atomic E-state index is 0.0367. The number of aromatic nitrogens is 1. The first-order chi connectivity index (χ1) is 18.8.